The summed E-state index contributed by atoms with van der Waals surface area (Å²) in [5, 5.41) is 23.5. The van der Waals surface area contributed by atoms with Crippen LogP contribution in [0.25, 0.3) is 10.4 Å². The molecule has 1 amide bonds. The largest absolute Gasteiger partial charge is 0.543 e. The summed E-state index contributed by atoms with van der Waals surface area (Å²) in [5.74, 6) is -2.23. The summed E-state index contributed by atoms with van der Waals surface area (Å²) in [6.07, 6.45) is 2.43. The van der Waals surface area contributed by atoms with E-state index in [9.17, 15) is 19.8 Å². The van der Waals surface area contributed by atoms with Crippen LogP contribution >= 0.6 is 11.3 Å². The first-order valence-corrected chi connectivity index (χ1v) is 9.17. The molecule has 4 rings (SSSR count). The summed E-state index contributed by atoms with van der Waals surface area (Å²) in [4.78, 5) is 26.4. The van der Waals surface area contributed by atoms with Gasteiger partial charge in [-0.15, -0.1) is 0 Å². The number of carboxylic acids is 1. The zero-order valence-corrected chi connectivity index (χ0v) is 15.0. The fourth-order valence-electron chi connectivity index (χ4n) is 4.16. The van der Waals surface area contributed by atoms with Crippen LogP contribution in [-0.4, -0.2) is 38.6 Å². The first kappa shape index (κ1) is 16.3. The Labute approximate surface area is 148 Å². The number of carboxylic acid groups (broad SMARTS) is 1. The quantitative estimate of drug-likeness (QED) is 0.585. The van der Waals surface area contributed by atoms with Gasteiger partial charge in [-0.1, -0.05) is 18.3 Å². The van der Waals surface area contributed by atoms with Gasteiger partial charge in [0.05, 0.1) is 36.8 Å². The predicted molar refractivity (Wildman–Crippen MR) is 88.2 cm³/mol. The highest BCUT2D eigenvalue weighted by molar-refractivity contribution is 7.15. The van der Waals surface area contributed by atoms with Crippen LogP contribution in [0.2, 0.25) is 0 Å². The summed E-state index contributed by atoms with van der Waals surface area (Å²) >= 11 is 1.56. The molecule has 0 radical (unpaired) electrons. The monoisotopic (exact) mass is 361 g/mol. The molecule has 8 heteroatoms. The van der Waals surface area contributed by atoms with Gasteiger partial charge in [0.15, 0.2) is 5.69 Å². The van der Waals surface area contributed by atoms with E-state index in [1.807, 2.05) is 27.7 Å². The van der Waals surface area contributed by atoms with E-state index in [0.29, 0.717) is 12.0 Å². The third-order valence-electron chi connectivity index (χ3n) is 5.29. The number of aliphatic hydroxyl groups is 1. The average Bonchev–Trinajstić information content (AvgIpc) is 3.15. The Balaban J connectivity index is 1.85. The second-order valence-electron chi connectivity index (χ2n) is 6.68. The number of rotatable bonds is 4. The number of aliphatic carboxylic acids is 1. The highest BCUT2D eigenvalue weighted by Gasteiger charge is 2.56. The van der Waals surface area contributed by atoms with Crippen molar-refractivity contribution >= 4 is 33.6 Å². The molecule has 0 aromatic carbocycles. The van der Waals surface area contributed by atoms with Crippen LogP contribution in [-0.2, 0) is 23.1 Å². The normalized spacial score (nSPS) is 24.0. The molecule has 1 N–H and O–H groups in total. The van der Waals surface area contributed by atoms with E-state index in [1.165, 1.54) is 10.6 Å². The number of nitrogens with zero attached hydrogens (tertiary/aromatic N) is 3. The van der Waals surface area contributed by atoms with Gasteiger partial charge in [-0.25, -0.2) is 4.57 Å². The lowest BCUT2D eigenvalue weighted by atomic mass is 9.83. The van der Waals surface area contributed by atoms with Crippen LogP contribution in [0.3, 0.4) is 0 Å². The predicted octanol–water partition coefficient (Wildman–Crippen LogP) is -0.540. The molecule has 25 heavy (non-hydrogen) atoms. The Morgan fingerprint density at radius 3 is 2.88 bits per heavy atom. The van der Waals surface area contributed by atoms with Crippen molar-refractivity contribution in [2.45, 2.75) is 38.8 Å². The van der Waals surface area contributed by atoms with Gasteiger partial charge in [-0.3, -0.25) is 4.79 Å². The Bertz CT molecular complexity index is 939. The van der Waals surface area contributed by atoms with E-state index in [4.69, 9.17) is 0 Å². The molecule has 3 atom stereocenters. The number of fused-ring (bicyclic) bond motifs is 2. The molecule has 1 saturated heterocycles. The molecule has 2 aromatic heterocycles. The summed E-state index contributed by atoms with van der Waals surface area (Å²) in [7, 11) is 1.96. The average molecular weight is 361 g/mol. The van der Waals surface area contributed by atoms with Crippen molar-refractivity contribution in [2.75, 3.05) is 0 Å². The SMILES string of the molecule is CCc1c2scc(C3=C(C(=O)[O-])N4C(=O)[C@H]([C@@H](C)O)[C@H]4C3)[n+]2cn1C. The number of β-lactam (4-membered cyclic amide) rings is 1. The highest BCUT2D eigenvalue weighted by Crippen LogP contribution is 2.46. The van der Waals surface area contributed by atoms with Gasteiger partial charge in [-0.05, 0) is 6.92 Å². The third kappa shape index (κ3) is 2.04. The molecular weight excluding hydrogens is 342 g/mol. The lowest BCUT2D eigenvalue weighted by Crippen LogP contribution is -2.62. The standard InChI is InChI=1S/C17H19N3O4S/c1-4-10-16-19(7-18(10)3)12(6-25-16)9-5-11-13(8(2)21)15(22)20(11)14(9)17(23)24/h6-8,11,13,21H,4-5H2,1-3H3/t8-,11-,13-/m1/s1. The first-order valence-electron chi connectivity index (χ1n) is 8.29. The van der Waals surface area contributed by atoms with Gasteiger partial charge in [-0.2, -0.15) is 4.40 Å². The molecule has 0 bridgehead atoms. The Kier molecular flexibility index (Phi) is 3.52. The van der Waals surface area contributed by atoms with Gasteiger partial charge < -0.3 is 19.9 Å². The van der Waals surface area contributed by atoms with Gasteiger partial charge in [0.2, 0.25) is 17.1 Å². The topological polar surface area (TPSA) is 89.7 Å². The highest BCUT2D eigenvalue weighted by atomic mass is 32.1. The Morgan fingerprint density at radius 1 is 1.56 bits per heavy atom. The number of carbonyl (C=O) groups excluding carboxylic acids is 2. The van der Waals surface area contributed by atoms with E-state index >= 15 is 0 Å². The maximum atomic E-state index is 12.3. The molecule has 0 spiro atoms. The van der Waals surface area contributed by atoms with E-state index in [1.54, 1.807) is 18.3 Å². The number of imidazole rings is 1. The zero-order valence-electron chi connectivity index (χ0n) is 14.2. The number of aryl methyl sites for hydroxylation is 2. The van der Waals surface area contributed by atoms with Gasteiger partial charge in [0, 0.05) is 23.8 Å². The van der Waals surface area contributed by atoms with Crippen molar-refractivity contribution < 1.29 is 24.2 Å². The second-order valence-corrected chi connectivity index (χ2v) is 7.54. The molecule has 2 aromatic rings. The van der Waals surface area contributed by atoms with Crippen LogP contribution in [0.15, 0.2) is 17.4 Å². The third-order valence-corrected chi connectivity index (χ3v) is 6.28. The molecule has 2 aliphatic rings. The minimum atomic E-state index is -1.35. The maximum absolute atomic E-state index is 12.3. The molecule has 0 unspecified atom stereocenters. The molecule has 132 valence electrons. The van der Waals surface area contributed by atoms with Crippen molar-refractivity contribution in [1.82, 2.24) is 9.47 Å². The minimum absolute atomic E-state index is 0.0546. The van der Waals surface area contributed by atoms with Crippen LogP contribution in [0.1, 0.15) is 31.7 Å². The van der Waals surface area contributed by atoms with E-state index in [0.717, 1.165) is 16.9 Å². The lowest BCUT2D eigenvalue weighted by Gasteiger charge is -2.45. The summed E-state index contributed by atoms with van der Waals surface area (Å²) < 4.78 is 4.01. The molecule has 2 aliphatic heterocycles. The van der Waals surface area contributed by atoms with Gasteiger partial charge in [0.25, 0.3) is 0 Å². The van der Waals surface area contributed by atoms with E-state index in [2.05, 4.69) is 6.92 Å². The van der Waals surface area contributed by atoms with E-state index in [-0.39, 0.29) is 17.6 Å². The smallest absolute Gasteiger partial charge is 0.250 e. The number of hydrogen-bond acceptors (Lipinski definition) is 5. The zero-order chi connectivity index (χ0) is 18.0. The summed E-state index contributed by atoms with van der Waals surface area (Å²) in [6, 6.07) is -0.305. The van der Waals surface area contributed by atoms with Crippen molar-refractivity contribution in [3.63, 3.8) is 0 Å². The molecular formula is C17H19N3O4S. The number of aromatic nitrogens is 2. The Hall–Kier alpha value is -2.19. The Morgan fingerprint density at radius 2 is 2.28 bits per heavy atom. The maximum Gasteiger partial charge on any atom is 0.250 e. The fraction of sp³-hybridized carbons (Fsp3) is 0.471. The van der Waals surface area contributed by atoms with Crippen LogP contribution < -0.4 is 9.51 Å². The van der Waals surface area contributed by atoms with Crippen molar-refractivity contribution in [1.29, 1.82) is 0 Å². The van der Waals surface area contributed by atoms with Gasteiger partial charge >= 0.3 is 0 Å². The van der Waals surface area contributed by atoms with Crippen LogP contribution in [0, 0.1) is 5.92 Å². The molecule has 4 heterocycles. The number of carbonyl (C=O) groups is 2. The second kappa shape index (κ2) is 5.40. The van der Waals surface area contributed by atoms with Crippen molar-refractivity contribution in [3.8, 4) is 0 Å². The molecule has 7 nitrogen and oxygen atoms in total. The molecule has 1 fully saturated rings. The number of amides is 1. The number of aliphatic hydroxyl groups excluding tert-OH is 1. The van der Waals surface area contributed by atoms with E-state index < -0.39 is 18.0 Å². The number of thiazole rings is 1. The number of hydrogen-bond donors (Lipinski definition) is 1. The van der Waals surface area contributed by atoms with Crippen molar-refractivity contribution in [2.24, 2.45) is 13.0 Å². The molecule has 0 saturated carbocycles. The lowest BCUT2D eigenvalue weighted by molar-refractivity contribution is -0.511. The van der Waals surface area contributed by atoms with Crippen LogP contribution in [0.5, 0.6) is 0 Å². The first-order chi connectivity index (χ1) is 11.9. The van der Waals surface area contributed by atoms with Crippen LogP contribution in [0.4, 0.5) is 0 Å². The molecule has 0 aliphatic carbocycles. The fourth-order valence-corrected chi connectivity index (χ4v) is 5.32. The summed E-state index contributed by atoms with van der Waals surface area (Å²) in [6.45, 7) is 3.65. The van der Waals surface area contributed by atoms with Crippen molar-refractivity contribution in [3.05, 3.63) is 28.8 Å². The minimum Gasteiger partial charge on any atom is -0.543 e. The van der Waals surface area contributed by atoms with Gasteiger partial charge in [0.1, 0.15) is 5.69 Å². The summed E-state index contributed by atoms with van der Waals surface area (Å²) in [5.41, 5.74) is 2.50.